The highest BCUT2D eigenvalue weighted by Gasteiger charge is 2.36. The zero-order valence-electron chi connectivity index (χ0n) is 18.3. The van der Waals surface area contributed by atoms with Gasteiger partial charge in [0.15, 0.2) is 0 Å². The summed E-state index contributed by atoms with van der Waals surface area (Å²) in [5.41, 5.74) is 8.85. The molecule has 2 aliphatic heterocycles. The molecule has 31 heavy (non-hydrogen) atoms. The Hall–Kier alpha value is -2.86. The Morgan fingerprint density at radius 3 is 2.58 bits per heavy atom. The number of rotatable bonds is 6. The topological polar surface area (TPSA) is 85.5 Å². The van der Waals surface area contributed by atoms with Gasteiger partial charge >= 0.3 is 6.03 Å². The highest BCUT2D eigenvalue weighted by Crippen LogP contribution is 2.34. The molecule has 2 heterocycles. The summed E-state index contributed by atoms with van der Waals surface area (Å²) in [6.07, 6.45) is 2.20. The standard InChI is InChI=1S/C25H33N5O/c1-18-15-28-25(31)30(23(18)21-8-5-9-22(14-21)24(26)27)17-20-10-12-29(13-11-20)16-19-6-3-2-4-7-19/h2-9,14,18,20,23H,10-13,15-17H2,1H3,(H3,26,27)(H,28,31). The van der Waals surface area contributed by atoms with E-state index in [1.54, 1.807) is 0 Å². The normalized spacial score (nSPS) is 22.9. The lowest BCUT2D eigenvalue weighted by molar-refractivity contribution is 0.0922. The number of nitrogens with zero attached hydrogens (tertiary/aromatic N) is 2. The molecule has 2 unspecified atom stereocenters. The summed E-state index contributed by atoms with van der Waals surface area (Å²) in [4.78, 5) is 17.4. The van der Waals surface area contributed by atoms with Crippen LogP contribution in [-0.2, 0) is 6.54 Å². The van der Waals surface area contributed by atoms with Gasteiger partial charge in [0, 0.05) is 25.2 Å². The minimum Gasteiger partial charge on any atom is -0.384 e. The first-order chi connectivity index (χ1) is 15.0. The van der Waals surface area contributed by atoms with E-state index in [4.69, 9.17) is 11.1 Å². The molecule has 6 heteroatoms. The van der Waals surface area contributed by atoms with E-state index in [0.717, 1.165) is 44.6 Å². The third-order valence-corrected chi connectivity index (χ3v) is 6.66. The molecule has 2 fully saturated rings. The Bertz CT molecular complexity index is 907. The number of nitrogens with two attached hydrogens (primary N) is 1. The van der Waals surface area contributed by atoms with Crippen molar-refractivity contribution in [2.75, 3.05) is 26.2 Å². The van der Waals surface area contributed by atoms with Gasteiger partial charge in [0.25, 0.3) is 0 Å². The minimum atomic E-state index is 0.00963. The van der Waals surface area contributed by atoms with Crippen molar-refractivity contribution in [1.82, 2.24) is 15.1 Å². The zero-order valence-corrected chi connectivity index (χ0v) is 18.3. The number of likely N-dealkylation sites (tertiary alicyclic amines) is 1. The molecule has 2 aromatic carbocycles. The maximum absolute atomic E-state index is 12.9. The summed E-state index contributed by atoms with van der Waals surface area (Å²) in [5.74, 6) is 0.853. The molecular formula is C25H33N5O. The molecule has 2 amide bonds. The van der Waals surface area contributed by atoms with Gasteiger partial charge in [-0.25, -0.2) is 4.79 Å². The number of urea groups is 1. The van der Waals surface area contributed by atoms with E-state index in [2.05, 4.69) is 53.5 Å². The molecule has 6 nitrogen and oxygen atoms in total. The number of carbonyl (C=O) groups excluding carboxylic acids is 1. The Morgan fingerprint density at radius 1 is 1.13 bits per heavy atom. The Morgan fingerprint density at radius 2 is 1.87 bits per heavy atom. The van der Waals surface area contributed by atoms with Crippen molar-refractivity contribution in [1.29, 1.82) is 5.41 Å². The van der Waals surface area contributed by atoms with Gasteiger partial charge in [0.05, 0.1) is 6.04 Å². The number of carbonyl (C=O) groups is 1. The number of hydrogen-bond donors (Lipinski definition) is 3. The number of piperidine rings is 1. The van der Waals surface area contributed by atoms with Crippen LogP contribution < -0.4 is 11.1 Å². The van der Waals surface area contributed by atoms with E-state index >= 15 is 0 Å². The van der Waals surface area contributed by atoms with Crippen LogP contribution in [-0.4, -0.2) is 47.8 Å². The summed E-state index contributed by atoms with van der Waals surface area (Å²) in [6.45, 7) is 6.74. The lowest BCUT2D eigenvalue weighted by Gasteiger charge is -2.43. The molecule has 2 aliphatic rings. The maximum atomic E-state index is 12.9. The average Bonchev–Trinajstić information content (AvgIpc) is 2.78. The lowest BCUT2D eigenvalue weighted by atomic mass is 9.88. The first-order valence-corrected chi connectivity index (χ1v) is 11.3. The highest BCUT2D eigenvalue weighted by molar-refractivity contribution is 5.95. The molecule has 0 aromatic heterocycles. The van der Waals surface area contributed by atoms with Crippen molar-refractivity contribution >= 4 is 11.9 Å². The third-order valence-electron chi connectivity index (χ3n) is 6.66. The number of nitrogen functional groups attached to an aromatic ring is 1. The van der Waals surface area contributed by atoms with Crippen LogP contribution in [0.4, 0.5) is 4.79 Å². The monoisotopic (exact) mass is 419 g/mol. The van der Waals surface area contributed by atoms with Gasteiger partial charge in [-0.15, -0.1) is 0 Å². The maximum Gasteiger partial charge on any atom is 0.317 e. The summed E-state index contributed by atoms with van der Waals surface area (Å²) in [6, 6.07) is 18.5. The lowest BCUT2D eigenvalue weighted by Crippen LogP contribution is -2.54. The molecule has 0 aliphatic carbocycles. The second-order valence-electron chi connectivity index (χ2n) is 9.00. The summed E-state index contributed by atoms with van der Waals surface area (Å²) in [7, 11) is 0. The second kappa shape index (κ2) is 9.52. The van der Waals surface area contributed by atoms with Crippen LogP contribution >= 0.6 is 0 Å². The Balaban J connectivity index is 1.43. The average molecular weight is 420 g/mol. The molecule has 0 saturated carbocycles. The predicted molar refractivity (Wildman–Crippen MR) is 124 cm³/mol. The molecule has 164 valence electrons. The molecule has 2 saturated heterocycles. The summed E-state index contributed by atoms with van der Waals surface area (Å²) < 4.78 is 0. The SMILES string of the molecule is CC1CNC(=O)N(CC2CCN(Cc3ccccc3)CC2)C1c1cccc(C(=N)N)c1. The highest BCUT2D eigenvalue weighted by atomic mass is 16.2. The minimum absolute atomic E-state index is 0.00963. The van der Waals surface area contributed by atoms with Crippen molar-refractivity contribution in [2.24, 2.45) is 17.6 Å². The summed E-state index contributed by atoms with van der Waals surface area (Å²) >= 11 is 0. The second-order valence-corrected chi connectivity index (χ2v) is 9.00. The van der Waals surface area contributed by atoms with Gasteiger partial charge in [0.1, 0.15) is 5.84 Å². The van der Waals surface area contributed by atoms with Crippen LogP contribution in [0, 0.1) is 17.2 Å². The van der Waals surface area contributed by atoms with Crippen LogP contribution in [0.1, 0.15) is 42.5 Å². The van der Waals surface area contributed by atoms with Gasteiger partial charge in [-0.3, -0.25) is 10.3 Å². The fraction of sp³-hybridized carbons (Fsp3) is 0.440. The molecular weight excluding hydrogens is 386 g/mol. The van der Waals surface area contributed by atoms with Crippen LogP contribution in [0.25, 0.3) is 0 Å². The predicted octanol–water partition coefficient (Wildman–Crippen LogP) is 3.59. The van der Waals surface area contributed by atoms with Crippen molar-refractivity contribution in [3.8, 4) is 0 Å². The molecule has 0 spiro atoms. The van der Waals surface area contributed by atoms with Crippen LogP contribution in [0.2, 0.25) is 0 Å². The molecule has 2 atom stereocenters. The fourth-order valence-electron chi connectivity index (χ4n) is 4.94. The zero-order chi connectivity index (χ0) is 21.8. The van der Waals surface area contributed by atoms with E-state index in [0.29, 0.717) is 18.0 Å². The van der Waals surface area contributed by atoms with E-state index in [1.807, 2.05) is 23.1 Å². The quantitative estimate of drug-likeness (QED) is 0.494. The van der Waals surface area contributed by atoms with E-state index in [9.17, 15) is 4.79 Å². The van der Waals surface area contributed by atoms with Crippen molar-refractivity contribution in [3.63, 3.8) is 0 Å². The molecule has 4 N–H and O–H groups in total. The number of nitrogens with one attached hydrogen (secondary N) is 2. The van der Waals surface area contributed by atoms with Gasteiger partial charge in [-0.05, 0) is 55.0 Å². The van der Waals surface area contributed by atoms with Crippen LogP contribution in [0.3, 0.4) is 0 Å². The van der Waals surface area contributed by atoms with Crippen molar-refractivity contribution in [3.05, 3.63) is 71.3 Å². The third kappa shape index (κ3) is 5.07. The van der Waals surface area contributed by atoms with E-state index in [-0.39, 0.29) is 23.8 Å². The van der Waals surface area contributed by atoms with Crippen LogP contribution in [0.5, 0.6) is 0 Å². The Kier molecular flexibility index (Phi) is 6.56. The Labute approximate surface area is 184 Å². The van der Waals surface area contributed by atoms with Gasteiger partial charge < -0.3 is 16.0 Å². The molecule has 2 aromatic rings. The van der Waals surface area contributed by atoms with Crippen molar-refractivity contribution in [2.45, 2.75) is 32.4 Å². The molecule has 0 bridgehead atoms. The van der Waals surface area contributed by atoms with Gasteiger partial charge in [0.2, 0.25) is 0 Å². The number of benzene rings is 2. The number of amidine groups is 1. The van der Waals surface area contributed by atoms with Gasteiger partial charge in [-0.2, -0.15) is 0 Å². The first kappa shape index (κ1) is 21.4. The molecule has 0 radical (unpaired) electrons. The van der Waals surface area contributed by atoms with E-state index in [1.165, 1.54) is 5.56 Å². The summed E-state index contributed by atoms with van der Waals surface area (Å²) in [5, 5.41) is 10.8. The smallest absolute Gasteiger partial charge is 0.317 e. The van der Waals surface area contributed by atoms with Gasteiger partial charge in [-0.1, -0.05) is 55.5 Å². The van der Waals surface area contributed by atoms with Crippen molar-refractivity contribution < 1.29 is 4.79 Å². The largest absolute Gasteiger partial charge is 0.384 e. The van der Waals surface area contributed by atoms with Crippen LogP contribution in [0.15, 0.2) is 54.6 Å². The number of amides is 2. The number of hydrogen-bond acceptors (Lipinski definition) is 3. The molecule has 4 rings (SSSR count). The fourth-order valence-corrected chi connectivity index (χ4v) is 4.94. The first-order valence-electron chi connectivity index (χ1n) is 11.3. The van der Waals surface area contributed by atoms with E-state index < -0.39 is 0 Å².